The van der Waals surface area contributed by atoms with E-state index >= 15 is 0 Å². The molecule has 12 rings (SSSR count). The van der Waals surface area contributed by atoms with Crippen LogP contribution in [0.25, 0.3) is 109 Å². The SMILES string of the molecule is c1ccc(-c2cc(-c3ccc(-n4c5ccccc5c5ccc6c7ccccc7n(-c7cccc8c7sc7ccccc78)c6c54)cc3)nc(-c3ccccc3)n2)cc1. The molecule has 0 amide bonds. The van der Waals surface area contributed by atoms with Gasteiger partial charge < -0.3 is 9.13 Å². The van der Waals surface area contributed by atoms with Crippen molar-refractivity contribution in [1.82, 2.24) is 19.1 Å². The van der Waals surface area contributed by atoms with E-state index in [1.165, 1.54) is 69.5 Å². The van der Waals surface area contributed by atoms with Crippen LogP contribution in [0.1, 0.15) is 0 Å². The topological polar surface area (TPSA) is 35.6 Å². The lowest BCUT2D eigenvalue weighted by atomic mass is 10.1. The molecule has 0 aliphatic carbocycles. The number of thiophene rings is 1. The van der Waals surface area contributed by atoms with Gasteiger partial charge in [0.15, 0.2) is 5.82 Å². The van der Waals surface area contributed by atoms with Crippen LogP contribution in [0.4, 0.5) is 0 Å². The molecule has 0 saturated heterocycles. The first kappa shape index (κ1) is 32.0. The van der Waals surface area contributed by atoms with Gasteiger partial charge >= 0.3 is 0 Å². The van der Waals surface area contributed by atoms with Crippen molar-refractivity contribution in [2.24, 2.45) is 0 Å². The van der Waals surface area contributed by atoms with Gasteiger partial charge in [0.05, 0.1) is 43.8 Å². The highest BCUT2D eigenvalue weighted by atomic mass is 32.1. The summed E-state index contributed by atoms with van der Waals surface area (Å²) < 4.78 is 7.57. The predicted octanol–water partition coefficient (Wildman–Crippen LogP) is 14.0. The summed E-state index contributed by atoms with van der Waals surface area (Å²) in [7, 11) is 0. The zero-order valence-electron chi connectivity index (χ0n) is 30.7. The summed E-state index contributed by atoms with van der Waals surface area (Å²) in [6.07, 6.45) is 0. The lowest BCUT2D eigenvalue weighted by molar-refractivity contribution is 1.15. The second-order valence-electron chi connectivity index (χ2n) is 14.6. The molecule has 4 aromatic heterocycles. The minimum Gasteiger partial charge on any atom is -0.307 e. The quantitative estimate of drug-likeness (QED) is 0.176. The minimum absolute atomic E-state index is 0.710. The smallest absolute Gasteiger partial charge is 0.160 e. The Kier molecular flexibility index (Phi) is 7.06. The first-order valence-corrected chi connectivity index (χ1v) is 20.1. The molecular weight excluding hydrogens is 713 g/mol. The standard InChI is InChI=1S/C52H32N4S/c1-3-14-33(15-4-1)43-32-44(54-52(53-43)35-16-5-2-6-17-35)34-26-28-36(29-27-34)55-45-22-10-7-18-37(45)40-30-31-41-38-19-8-11-23-46(38)56(50(41)49(40)55)47-24-13-21-42-39-20-9-12-25-48(39)57-51(42)47/h1-32H. The van der Waals surface area contributed by atoms with Crippen molar-refractivity contribution in [3.8, 4) is 45.3 Å². The number of aromatic nitrogens is 4. The molecule has 0 spiro atoms. The van der Waals surface area contributed by atoms with E-state index in [0.717, 1.165) is 33.8 Å². The Labute approximate surface area is 332 Å². The van der Waals surface area contributed by atoms with Crippen molar-refractivity contribution in [3.05, 3.63) is 194 Å². The zero-order valence-corrected chi connectivity index (χ0v) is 31.5. The van der Waals surface area contributed by atoms with Gasteiger partial charge in [0, 0.05) is 59.4 Å². The fourth-order valence-corrected chi connectivity index (χ4v) is 9.98. The van der Waals surface area contributed by atoms with Crippen molar-refractivity contribution in [3.63, 3.8) is 0 Å². The highest BCUT2D eigenvalue weighted by Crippen LogP contribution is 2.45. The number of rotatable bonds is 5. The van der Waals surface area contributed by atoms with Crippen LogP contribution < -0.4 is 0 Å². The maximum absolute atomic E-state index is 5.12. The van der Waals surface area contributed by atoms with Crippen molar-refractivity contribution in [2.75, 3.05) is 0 Å². The highest BCUT2D eigenvalue weighted by Gasteiger charge is 2.23. The molecule has 0 fully saturated rings. The average Bonchev–Trinajstić information content (AvgIpc) is 3.95. The number of hydrogen-bond acceptors (Lipinski definition) is 3. The summed E-state index contributed by atoms with van der Waals surface area (Å²) in [5.74, 6) is 0.710. The third-order valence-corrected chi connectivity index (χ3v) is 12.6. The molecule has 0 unspecified atom stereocenters. The minimum atomic E-state index is 0.710. The average molecular weight is 745 g/mol. The van der Waals surface area contributed by atoms with Gasteiger partial charge in [-0.2, -0.15) is 0 Å². The molecular formula is C52H32N4S. The molecule has 266 valence electrons. The molecule has 12 aromatic rings. The van der Waals surface area contributed by atoms with E-state index in [1.54, 1.807) is 0 Å². The lowest BCUT2D eigenvalue weighted by Crippen LogP contribution is -1.99. The Morgan fingerprint density at radius 3 is 1.58 bits per heavy atom. The van der Waals surface area contributed by atoms with Crippen LogP contribution in [-0.4, -0.2) is 19.1 Å². The maximum Gasteiger partial charge on any atom is 0.160 e. The Balaban J connectivity index is 1.11. The summed E-state index contributed by atoms with van der Waals surface area (Å²) in [5.41, 5.74) is 11.9. The van der Waals surface area contributed by atoms with E-state index in [1.807, 2.05) is 35.6 Å². The van der Waals surface area contributed by atoms with Crippen LogP contribution in [0.2, 0.25) is 0 Å². The van der Waals surface area contributed by atoms with E-state index in [4.69, 9.17) is 9.97 Å². The molecule has 57 heavy (non-hydrogen) atoms. The summed E-state index contributed by atoms with van der Waals surface area (Å²) in [6.45, 7) is 0. The Hall–Kier alpha value is -7.34. The van der Waals surface area contributed by atoms with Gasteiger partial charge in [0.1, 0.15) is 0 Å². The fraction of sp³-hybridized carbons (Fsp3) is 0. The second-order valence-corrected chi connectivity index (χ2v) is 15.6. The van der Waals surface area contributed by atoms with Crippen LogP contribution in [0.15, 0.2) is 194 Å². The van der Waals surface area contributed by atoms with Gasteiger partial charge in [0.25, 0.3) is 0 Å². The first-order chi connectivity index (χ1) is 28.3. The van der Waals surface area contributed by atoms with E-state index in [-0.39, 0.29) is 0 Å². The van der Waals surface area contributed by atoms with E-state index in [9.17, 15) is 0 Å². The normalized spacial score (nSPS) is 11.9. The largest absolute Gasteiger partial charge is 0.307 e. The molecule has 0 aliphatic rings. The summed E-state index contributed by atoms with van der Waals surface area (Å²) in [6, 6.07) is 69.4. The Bertz CT molecular complexity index is 3450. The van der Waals surface area contributed by atoms with Gasteiger partial charge in [-0.15, -0.1) is 11.3 Å². The van der Waals surface area contributed by atoms with Gasteiger partial charge in [0.2, 0.25) is 0 Å². The predicted molar refractivity (Wildman–Crippen MR) is 240 cm³/mol. The van der Waals surface area contributed by atoms with Crippen molar-refractivity contribution in [1.29, 1.82) is 0 Å². The van der Waals surface area contributed by atoms with Crippen molar-refractivity contribution in [2.45, 2.75) is 0 Å². The summed E-state index contributed by atoms with van der Waals surface area (Å²) in [5, 5.41) is 7.52. The molecule has 0 aliphatic heterocycles. The third-order valence-electron chi connectivity index (χ3n) is 11.3. The van der Waals surface area contributed by atoms with Crippen LogP contribution >= 0.6 is 11.3 Å². The monoisotopic (exact) mass is 744 g/mol. The molecule has 5 heteroatoms. The van der Waals surface area contributed by atoms with Crippen LogP contribution in [0.5, 0.6) is 0 Å². The number of para-hydroxylation sites is 2. The van der Waals surface area contributed by atoms with Crippen LogP contribution in [0, 0.1) is 0 Å². The first-order valence-electron chi connectivity index (χ1n) is 19.3. The van der Waals surface area contributed by atoms with Gasteiger partial charge in [-0.05, 0) is 42.5 Å². The summed E-state index contributed by atoms with van der Waals surface area (Å²) in [4.78, 5) is 10.1. The molecule has 0 radical (unpaired) electrons. The number of nitrogens with zero attached hydrogens (tertiary/aromatic N) is 4. The third kappa shape index (κ3) is 4.93. The van der Waals surface area contributed by atoms with Gasteiger partial charge in [-0.3, -0.25) is 0 Å². The maximum atomic E-state index is 5.12. The number of hydrogen-bond donors (Lipinski definition) is 0. The van der Waals surface area contributed by atoms with E-state index in [2.05, 4.69) is 179 Å². The fourth-order valence-electron chi connectivity index (χ4n) is 8.78. The Morgan fingerprint density at radius 2 is 0.895 bits per heavy atom. The summed E-state index contributed by atoms with van der Waals surface area (Å²) >= 11 is 1.88. The number of benzene rings is 8. The van der Waals surface area contributed by atoms with E-state index in [0.29, 0.717) is 5.82 Å². The number of fused-ring (bicyclic) bond motifs is 10. The molecule has 0 bridgehead atoms. The molecule has 4 nitrogen and oxygen atoms in total. The van der Waals surface area contributed by atoms with Crippen LogP contribution in [-0.2, 0) is 0 Å². The zero-order chi connectivity index (χ0) is 37.5. The van der Waals surface area contributed by atoms with Crippen molar-refractivity contribution >= 4 is 75.1 Å². The van der Waals surface area contributed by atoms with Gasteiger partial charge in [-0.25, -0.2) is 9.97 Å². The van der Waals surface area contributed by atoms with E-state index < -0.39 is 0 Å². The second kappa shape index (κ2) is 12.6. The molecule has 4 heterocycles. The lowest BCUT2D eigenvalue weighted by Gasteiger charge is -2.14. The Morgan fingerprint density at radius 1 is 0.368 bits per heavy atom. The molecule has 0 saturated carbocycles. The van der Waals surface area contributed by atoms with Crippen LogP contribution in [0.3, 0.4) is 0 Å². The molecule has 0 N–H and O–H groups in total. The van der Waals surface area contributed by atoms with Gasteiger partial charge in [-0.1, -0.05) is 152 Å². The van der Waals surface area contributed by atoms with Crippen molar-refractivity contribution < 1.29 is 0 Å². The molecule has 8 aromatic carbocycles. The highest BCUT2D eigenvalue weighted by molar-refractivity contribution is 7.26. The molecule has 0 atom stereocenters.